The van der Waals surface area contributed by atoms with Crippen molar-refractivity contribution in [3.05, 3.63) is 88.4 Å². The predicted octanol–water partition coefficient (Wildman–Crippen LogP) is 6.25. The van der Waals surface area contributed by atoms with E-state index in [4.69, 9.17) is 16.7 Å². The molecule has 0 spiro atoms. The van der Waals surface area contributed by atoms with Crippen LogP contribution >= 0.6 is 23.4 Å². The molecule has 0 aliphatic rings. The molecule has 0 saturated carbocycles. The first-order valence-electron chi connectivity index (χ1n) is 7.93. The predicted molar refractivity (Wildman–Crippen MR) is 107 cm³/mol. The molecule has 3 rings (SSSR count). The van der Waals surface area contributed by atoms with Gasteiger partial charge in [-0.05, 0) is 72.6 Å². The number of hydrogen-bond acceptors (Lipinski definition) is 3. The number of carboxylic acids is 1. The average molecular weight is 382 g/mol. The molecule has 3 aromatic carbocycles. The van der Waals surface area contributed by atoms with Crippen molar-refractivity contribution in [2.75, 3.05) is 0 Å². The molecule has 0 aliphatic heterocycles. The van der Waals surface area contributed by atoms with Gasteiger partial charge in [0, 0.05) is 21.0 Å². The van der Waals surface area contributed by atoms with Crippen LogP contribution in [0.3, 0.4) is 0 Å². The maximum Gasteiger partial charge on any atom is 0.335 e. The molecule has 5 heteroatoms. The summed E-state index contributed by atoms with van der Waals surface area (Å²) in [4.78, 5) is 17.7. The standard InChI is InChI=1S/C21H16ClNO2S/c1-14-12-16(21(24)25)4-11-20(14)23-13-15-2-7-18(8-3-15)26-19-9-5-17(22)6-10-19/h2-13H,1H3,(H,24,25). The molecule has 0 atom stereocenters. The molecule has 1 N–H and O–H groups in total. The first-order valence-corrected chi connectivity index (χ1v) is 9.12. The fourth-order valence-electron chi connectivity index (χ4n) is 2.34. The molecule has 3 aromatic rings. The van der Waals surface area contributed by atoms with Crippen molar-refractivity contribution in [1.82, 2.24) is 0 Å². The van der Waals surface area contributed by atoms with E-state index in [0.717, 1.165) is 31.6 Å². The van der Waals surface area contributed by atoms with Crippen LogP contribution in [0.5, 0.6) is 0 Å². The highest BCUT2D eigenvalue weighted by molar-refractivity contribution is 7.99. The molecule has 0 amide bonds. The van der Waals surface area contributed by atoms with E-state index in [2.05, 4.69) is 4.99 Å². The Morgan fingerprint density at radius 2 is 1.62 bits per heavy atom. The van der Waals surface area contributed by atoms with Gasteiger partial charge < -0.3 is 5.11 Å². The lowest BCUT2D eigenvalue weighted by molar-refractivity contribution is 0.0697. The van der Waals surface area contributed by atoms with Crippen LogP contribution < -0.4 is 0 Å². The second kappa shape index (κ2) is 8.21. The van der Waals surface area contributed by atoms with E-state index in [1.807, 2.05) is 55.5 Å². The van der Waals surface area contributed by atoms with Crippen molar-refractivity contribution in [3.8, 4) is 0 Å². The number of halogens is 1. The Labute approximate surface area is 161 Å². The Morgan fingerprint density at radius 3 is 2.19 bits per heavy atom. The molecule has 130 valence electrons. The highest BCUT2D eigenvalue weighted by atomic mass is 35.5. The van der Waals surface area contributed by atoms with Crippen LogP contribution in [0.15, 0.2) is 81.5 Å². The number of carbonyl (C=O) groups is 1. The lowest BCUT2D eigenvalue weighted by atomic mass is 10.1. The van der Waals surface area contributed by atoms with Crippen molar-refractivity contribution in [1.29, 1.82) is 0 Å². The van der Waals surface area contributed by atoms with Gasteiger partial charge in [0.2, 0.25) is 0 Å². The third-order valence-corrected chi connectivity index (χ3v) is 4.99. The largest absolute Gasteiger partial charge is 0.478 e. The third kappa shape index (κ3) is 4.75. The quantitative estimate of drug-likeness (QED) is 0.531. The second-order valence-corrected chi connectivity index (χ2v) is 7.27. The van der Waals surface area contributed by atoms with Crippen molar-refractivity contribution in [3.63, 3.8) is 0 Å². The smallest absolute Gasteiger partial charge is 0.335 e. The Morgan fingerprint density at radius 1 is 1.00 bits per heavy atom. The third-order valence-electron chi connectivity index (χ3n) is 3.73. The van der Waals surface area contributed by atoms with Crippen molar-refractivity contribution < 1.29 is 9.90 Å². The molecule has 0 aromatic heterocycles. The van der Waals surface area contributed by atoms with Crippen molar-refractivity contribution in [2.24, 2.45) is 4.99 Å². The van der Waals surface area contributed by atoms with Crippen LogP contribution in [0.25, 0.3) is 0 Å². The molecule has 0 radical (unpaired) electrons. The second-order valence-electron chi connectivity index (χ2n) is 5.69. The van der Waals surface area contributed by atoms with Gasteiger partial charge in [0.15, 0.2) is 0 Å². The average Bonchev–Trinajstić information content (AvgIpc) is 2.63. The minimum Gasteiger partial charge on any atom is -0.478 e. The molecular weight excluding hydrogens is 366 g/mol. The van der Waals surface area contributed by atoms with Crippen LogP contribution in [0.4, 0.5) is 5.69 Å². The van der Waals surface area contributed by atoms with Gasteiger partial charge in [0.05, 0.1) is 11.3 Å². The van der Waals surface area contributed by atoms with Gasteiger partial charge in [-0.1, -0.05) is 35.5 Å². The lowest BCUT2D eigenvalue weighted by Crippen LogP contribution is -1.95. The number of nitrogens with zero attached hydrogens (tertiary/aromatic N) is 1. The summed E-state index contributed by atoms with van der Waals surface area (Å²) >= 11 is 7.57. The number of rotatable bonds is 5. The van der Waals surface area contributed by atoms with Crippen molar-refractivity contribution in [2.45, 2.75) is 16.7 Å². The Kier molecular flexibility index (Phi) is 5.76. The maximum absolute atomic E-state index is 11.0. The fourth-order valence-corrected chi connectivity index (χ4v) is 3.28. The van der Waals surface area contributed by atoms with Gasteiger partial charge in [-0.15, -0.1) is 0 Å². The van der Waals surface area contributed by atoms with Crippen LogP contribution in [-0.2, 0) is 0 Å². The van der Waals surface area contributed by atoms with Gasteiger partial charge in [-0.3, -0.25) is 4.99 Å². The highest BCUT2D eigenvalue weighted by Gasteiger charge is 2.04. The van der Waals surface area contributed by atoms with E-state index in [-0.39, 0.29) is 5.56 Å². The number of benzene rings is 3. The molecule has 0 bridgehead atoms. The van der Waals surface area contributed by atoms with Crippen LogP contribution in [-0.4, -0.2) is 17.3 Å². The van der Waals surface area contributed by atoms with Gasteiger partial charge in [-0.25, -0.2) is 4.79 Å². The molecule has 3 nitrogen and oxygen atoms in total. The zero-order chi connectivity index (χ0) is 18.5. The summed E-state index contributed by atoms with van der Waals surface area (Å²) in [7, 11) is 0. The molecule has 0 unspecified atom stereocenters. The monoisotopic (exact) mass is 381 g/mol. The summed E-state index contributed by atoms with van der Waals surface area (Å²) in [5.74, 6) is -0.933. The van der Waals surface area contributed by atoms with Crippen LogP contribution in [0.1, 0.15) is 21.5 Å². The molecular formula is C21H16ClNO2S. The number of hydrogen-bond donors (Lipinski definition) is 1. The van der Waals surface area contributed by atoms with Gasteiger partial charge in [-0.2, -0.15) is 0 Å². The number of carboxylic acid groups (broad SMARTS) is 1. The van der Waals surface area contributed by atoms with E-state index in [1.54, 1.807) is 36.2 Å². The summed E-state index contributed by atoms with van der Waals surface area (Å²) in [6, 6.07) is 20.7. The maximum atomic E-state index is 11.0. The number of aromatic carboxylic acids is 1. The highest BCUT2D eigenvalue weighted by Crippen LogP contribution is 2.28. The molecule has 0 fully saturated rings. The summed E-state index contributed by atoms with van der Waals surface area (Å²) in [5, 5.41) is 9.74. The molecule has 0 saturated heterocycles. The summed E-state index contributed by atoms with van der Waals surface area (Å²) in [5.41, 5.74) is 2.84. The fraction of sp³-hybridized carbons (Fsp3) is 0.0476. The normalized spacial score (nSPS) is 11.0. The lowest BCUT2D eigenvalue weighted by Gasteiger charge is -2.03. The topological polar surface area (TPSA) is 49.7 Å². The SMILES string of the molecule is Cc1cc(C(=O)O)ccc1N=Cc1ccc(Sc2ccc(Cl)cc2)cc1. The summed E-state index contributed by atoms with van der Waals surface area (Å²) in [6.45, 7) is 1.85. The van der Waals surface area contributed by atoms with Gasteiger partial charge in [0.1, 0.15) is 0 Å². The molecule has 26 heavy (non-hydrogen) atoms. The van der Waals surface area contributed by atoms with E-state index in [0.29, 0.717) is 0 Å². The van der Waals surface area contributed by atoms with Crippen LogP contribution in [0.2, 0.25) is 5.02 Å². The minimum atomic E-state index is -0.933. The van der Waals surface area contributed by atoms with Crippen LogP contribution in [0, 0.1) is 6.92 Å². The first kappa shape index (κ1) is 18.2. The number of aryl methyl sites for hydroxylation is 1. The Hall–Kier alpha value is -2.56. The van der Waals surface area contributed by atoms with E-state index >= 15 is 0 Å². The zero-order valence-corrected chi connectivity index (χ0v) is 15.6. The Balaban J connectivity index is 1.70. The molecule has 0 aliphatic carbocycles. The van der Waals surface area contributed by atoms with Crippen molar-refractivity contribution >= 4 is 41.2 Å². The van der Waals surface area contributed by atoms with E-state index in [9.17, 15) is 4.79 Å². The summed E-state index contributed by atoms with van der Waals surface area (Å²) in [6.07, 6.45) is 1.78. The molecule has 0 heterocycles. The van der Waals surface area contributed by atoms with Gasteiger partial charge >= 0.3 is 5.97 Å². The zero-order valence-electron chi connectivity index (χ0n) is 14.0. The summed E-state index contributed by atoms with van der Waals surface area (Å²) < 4.78 is 0. The first-order chi connectivity index (χ1) is 12.5. The van der Waals surface area contributed by atoms with Gasteiger partial charge in [0.25, 0.3) is 0 Å². The van der Waals surface area contributed by atoms with E-state index in [1.165, 1.54) is 0 Å². The Bertz CT molecular complexity index is 951. The number of aliphatic imine (C=N–C) groups is 1. The van der Waals surface area contributed by atoms with E-state index < -0.39 is 5.97 Å². The minimum absolute atomic E-state index is 0.269.